The van der Waals surface area contributed by atoms with Gasteiger partial charge in [-0.1, -0.05) is 18.6 Å². The molecule has 1 amide bonds. The summed E-state index contributed by atoms with van der Waals surface area (Å²) in [6.07, 6.45) is 9.57. The first-order chi connectivity index (χ1) is 14.0. The average Bonchev–Trinajstić information content (AvgIpc) is 2.86. The quantitative estimate of drug-likeness (QED) is 0.778. The monoisotopic (exact) mass is 395 g/mol. The van der Waals surface area contributed by atoms with Crippen LogP contribution in [0, 0.1) is 5.82 Å². The molecule has 4 rings (SSSR count). The van der Waals surface area contributed by atoms with Crippen LogP contribution >= 0.6 is 0 Å². The standard InChI is InChI=1S/C24H30FN3O/c1-24-10-6-12-28(22(24)9-3-4-11-27(24)2)23(29)20-14-19(16-26-17-20)13-18-7-5-8-21(25)15-18/h5,7-8,14-17,22H,3-4,6,9-13H2,1-2H3/t22-,24-/m0/s1. The molecule has 4 nitrogen and oxygen atoms in total. The Morgan fingerprint density at radius 1 is 1.17 bits per heavy atom. The zero-order valence-corrected chi connectivity index (χ0v) is 17.4. The molecule has 2 aliphatic heterocycles. The normalized spacial score (nSPS) is 25.3. The second-order valence-electron chi connectivity index (χ2n) is 8.78. The molecule has 0 aliphatic carbocycles. The van der Waals surface area contributed by atoms with Gasteiger partial charge in [-0.05, 0) is 81.9 Å². The number of rotatable bonds is 3. The van der Waals surface area contributed by atoms with Crippen LogP contribution in [0.25, 0.3) is 0 Å². The summed E-state index contributed by atoms with van der Waals surface area (Å²) in [6.45, 7) is 4.22. The van der Waals surface area contributed by atoms with Crippen molar-refractivity contribution in [1.29, 1.82) is 0 Å². The number of pyridine rings is 1. The zero-order valence-electron chi connectivity index (χ0n) is 17.4. The number of likely N-dealkylation sites (N-methyl/N-ethyl adjacent to an activating group) is 1. The van der Waals surface area contributed by atoms with Gasteiger partial charge in [-0.2, -0.15) is 0 Å². The SMILES string of the molecule is CN1CCCC[C@@H]2N(C(=O)c3cncc(Cc4cccc(F)c4)c3)CCC[C@@]21C. The number of likely N-dealkylation sites (tertiary alicyclic amines) is 2. The van der Waals surface area contributed by atoms with E-state index >= 15 is 0 Å². The van der Waals surface area contributed by atoms with E-state index < -0.39 is 0 Å². The fourth-order valence-corrected chi connectivity index (χ4v) is 5.11. The van der Waals surface area contributed by atoms with Gasteiger partial charge in [-0.25, -0.2) is 4.39 Å². The maximum atomic E-state index is 13.5. The van der Waals surface area contributed by atoms with Crippen molar-refractivity contribution in [2.24, 2.45) is 0 Å². The van der Waals surface area contributed by atoms with Crippen LogP contribution in [0.2, 0.25) is 0 Å². The van der Waals surface area contributed by atoms with Gasteiger partial charge in [0.05, 0.1) is 11.6 Å². The molecular formula is C24H30FN3O. The van der Waals surface area contributed by atoms with E-state index in [1.807, 2.05) is 12.1 Å². The first kappa shape index (κ1) is 20.0. The number of halogens is 1. The Hall–Kier alpha value is -2.27. The number of aromatic nitrogens is 1. The summed E-state index contributed by atoms with van der Waals surface area (Å²) in [5.41, 5.74) is 2.48. The number of hydrogen-bond acceptors (Lipinski definition) is 3. The molecule has 0 bridgehead atoms. The summed E-state index contributed by atoms with van der Waals surface area (Å²) in [7, 11) is 2.20. The molecular weight excluding hydrogens is 365 g/mol. The predicted octanol–water partition coefficient (Wildman–Crippen LogP) is 4.29. The van der Waals surface area contributed by atoms with Crippen LogP contribution in [-0.2, 0) is 6.42 Å². The Morgan fingerprint density at radius 2 is 2.03 bits per heavy atom. The van der Waals surface area contributed by atoms with E-state index in [0.29, 0.717) is 12.0 Å². The summed E-state index contributed by atoms with van der Waals surface area (Å²) in [5, 5.41) is 0. The number of carbonyl (C=O) groups excluding carboxylic acids is 1. The van der Waals surface area contributed by atoms with Gasteiger partial charge < -0.3 is 4.90 Å². The summed E-state index contributed by atoms with van der Waals surface area (Å²) in [6, 6.07) is 8.75. The maximum absolute atomic E-state index is 13.5. The van der Waals surface area contributed by atoms with E-state index in [4.69, 9.17) is 0 Å². The molecule has 1 aromatic heterocycles. The fraction of sp³-hybridized carbons (Fsp3) is 0.500. The van der Waals surface area contributed by atoms with Gasteiger partial charge in [0.2, 0.25) is 0 Å². The lowest BCUT2D eigenvalue weighted by Crippen LogP contribution is -2.63. The molecule has 2 atom stereocenters. The van der Waals surface area contributed by atoms with Crippen molar-refractivity contribution < 1.29 is 9.18 Å². The highest BCUT2D eigenvalue weighted by molar-refractivity contribution is 5.94. The summed E-state index contributed by atoms with van der Waals surface area (Å²) < 4.78 is 13.5. The number of nitrogens with zero attached hydrogens (tertiary/aromatic N) is 3. The minimum atomic E-state index is -0.243. The topological polar surface area (TPSA) is 36.4 Å². The van der Waals surface area contributed by atoms with Crippen LogP contribution in [0.3, 0.4) is 0 Å². The predicted molar refractivity (Wildman–Crippen MR) is 112 cm³/mol. The lowest BCUT2D eigenvalue weighted by Gasteiger charge is -2.51. The molecule has 0 radical (unpaired) electrons. The second kappa shape index (κ2) is 8.23. The number of fused-ring (bicyclic) bond motifs is 1. The van der Waals surface area contributed by atoms with Crippen molar-refractivity contribution in [3.63, 3.8) is 0 Å². The Kier molecular flexibility index (Phi) is 5.68. The second-order valence-corrected chi connectivity index (χ2v) is 8.78. The third-order valence-electron chi connectivity index (χ3n) is 6.87. The molecule has 0 spiro atoms. The zero-order chi connectivity index (χ0) is 20.4. The summed E-state index contributed by atoms with van der Waals surface area (Å²) >= 11 is 0. The van der Waals surface area contributed by atoms with Crippen molar-refractivity contribution in [3.8, 4) is 0 Å². The minimum absolute atomic E-state index is 0.0387. The van der Waals surface area contributed by atoms with Gasteiger partial charge in [0.1, 0.15) is 5.82 Å². The Morgan fingerprint density at radius 3 is 2.86 bits per heavy atom. The van der Waals surface area contributed by atoms with Crippen molar-refractivity contribution >= 4 is 5.91 Å². The van der Waals surface area contributed by atoms with Crippen molar-refractivity contribution in [3.05, 3.63) is 65.2 Å². The van der Waals surface area contributed by atoms with Crippen molar-refractivity contribution in [1.82, 2.24) is 14.8 Å². The first-order valence-electron chi connectivity index (χ1n) is 10.7. The van der Waals surface area contributed by atoms with Crippen molar-refractivity contribution in [2.75, 3.05) is 20.1 Å². The van der Waals surface area contributed by atoms with Gasteiger partial charge in [-0.3, -0.25) is 14.7 Å². The number of carbonyl (C=O) groups is 1. The molecule has 2 saturated heterocycles. The summed E-state index contributed by atoms with van der Waals surface area (Å²) in [4.78, 5) is 22.4. The van der Waals surface area contributed by atoms with Gasteiger partial charge in [-0.15, -0.1) is 0 Å². The molecule has 3 heterocycles. The fourth-order valence-electron chi connectivity index (χ4n) is 5.11. The van der Waals surface area contributed by atoms with Crippen LogP contribution in [0.15, 0.2) is 42.7 Å². The van der Waals surface area contributed by atoms with Crippen LogP contribution in [0.1, 0.15) is 60.5 Å². The molecule has 1 aromatic carbocycles. The third kappa shape index (κ3) is 4.06. The van der Waals surface area contributed by atoms with E-state index in [9.17, 15) is 9.18 Å². The highest BCUT2D eigenvalue weighted by Crippen LogP contribution is 2.38. The number of hydrogen-bond donors (Lipinski definition) is 0. The van der Waals surface area contributed by atoms with E-state index in [1.165, 1.54) is 18.6 Å². The highest BCUT2D eigenvalue weighted by atomic mass is 19.1. The molecule has 29 heavy (non-hydrogen) atoms. The first-order valence-corrected chi connectivity index (χ1v) is 10.7. The molecule has 2 aromatic rings. The molecule has 154 valence electrons. The van der Waals surface area contributed by atoms with Crippen molar-refractivity contribution in [2.45, 2.75) is 57.0 Å². The largest absolute Gasteiger partial charge is 0.334 e. The van der Waals surface area contributed by atoms with Crippen LogP contribution in [-0.4, -0.2) is 52.4 Å². The number of piperidine rings is 1. The molecule has 0 saturated carbocycles. The number of amides is 1. The van der Waals surface area contributed by atoms with Gasteiger partial charge in [0.25, 0.3) is 5.91 Å². The van der Waals surface area contributed by atoms with Gasteiger partial charge in [0.15, 0.2) is 0 Å². The van der Waals surface area contributed by atoms with Crippen LogP contribution in [0.4, 0.5) is 4.39 Å². The van der Waals surface area contributed by atoms with Gasteiger partial charge in [0, 0.05) is 24.5 Å². The van der Waals surface area contributed by atoms with Crippen LogP contribution < -0.4 is 0 Å². The highest BCUT2D eigenvalue weighted by Gasteiger charge is 2.46. The Bertz CT molecular complexity index is 886. The smallest absolute Gasteiger partial charge is 0.255 e. The Labute approximate surface area is 172 Å². The molecule has 5 heteroatoms. The lowest BCUT2D eigenvalue weighted by atomic mass is 9.79. The lowest BCUT2D eigenvalue weighted by molar-refractivity contribution is -0.00338. The van der Waals surface area contributed by atoms with E-state index in [2.05, 4.69) is 28.8 Å². The minimum Gasteiger partial charge on any atom is -0.334 e. The van der Waals surface area contributed by atoms with E-state index in [0.717, 1.165) is 49.9 Å². The Balaban J connectivity index is 1.57. The maximum Gasteiger partial charge on any atom is 0.255 e. The van der Waals surface area contributed by atoms with Gasteiger partial charge >= 0.3 is 0 Å². The third-order valence-corrected chi connectivity index (χ3v) is 6.87. The molecule has 2 fully saturated rings. The molecule has 0 unspecified atom stereocenters. The average molecular weight is 396 g/mol. The molecule has 0 N–H and O–H groups in total. The van der Waals surface area contributed by atoms with E-state index in [1.54, 1.807) is 18.5 Å². The number of benzene rings is 1. The molecule has 2 aliphatic rings. The van der Waals surface area contributed by atoms with Crippen LogP contribution in [0.5, 0.6) is 0 Å². The van der Waals surface area contributed by atoms with E-state index in [-0.39, 0.29) is 23.3 Å². The summed E-state index contributed by atoms with van der Waals surface area (Å²) in [5.74, 6) is -0.169.